The van der Waals surface area contributed by atoms with E-state index in [1.807, 2.05) is 0 Å². The molecule has 2 N–H and O–H groups in total. The summed E-state index contributed by atoms with van der Waals surface area (Å²) < 4.78 is 26.6. The van der Waals surface area contributed by atoms with Crippen LogP contribution in [0.15, 0.2) is 0 Å². The van der Waals surface area contributed by atoms with Crippen molar-refractivity contribution < 1.29 is 33.1 Å². The van der Waals surface area contributed by atoms with E-state index in [1.54, 1.807) is 0 Å². The highest BCUT2D eigenvalue weighted by Crippen LogP contribution is 2.35. The number of hydrogen-bond acceptors (Lipinski definition) is 5. The van der Waals surface area contributed by atoms with Crippen molar-refractivity contribution in [2.75, 3.05) is 19.8 Å². The Morgan fingerprint density at radius 1 is 0.622 bits per heavy atom. The fraction of sp³-hybridized carbons (Fsp3) is 0.966. The third-order valence-electron chi connectivity index (χ3n) is 6.66. The highest BCUT2D eigenvalue weighted by molar-refractivity contribution is 7.46. The first-order valence-electron chi connectivity index (χ1n) is 15.4. The second kappa shape index (κ2) is 27.1. The molecular weight excluding hydrogens is 491 g/mol. The number of carbonyl (C=O) groups is 1. The number of phosphoric ester groups is 1. The van der Waals surface area contributed by atoms with Crippen LogP contribution in [0, 0.1) is 0 Å². The van der Waals surface area contributed by atoms with Crippen LogP contribution in [0.2, 0.25) is 0 Å². The van der Waals surface area contributed by atoms with Gasteiger partial charge in [-0.1, -0.05) is 136 Å². The first-order chi connectivity index (χ1) is 17.9. The van der Waals surface area contributed by atoms with Crippen molar-refractivity contribution >= 4 is 13.8 Å². The van der Waals surface area contributed by atoms with Gasteiger partial charge in [0.2, 0.25) is 0 Å². The van der Waals surface area contributed by atoms with Gasteiger partial charge in [-0.3, -0.25) is 9.32 Å². The van der Waals surface area contributed by atoms with Crippen molar-refractivity contribution in [3.63, 3.8) is 0 Å². The molecule has 0 aliphatic rings. The maximum atomic E-state index is 12.2. The Kier molecular flexibility index (Phi) is 26.8. The van der Waals surface area contributed by atoms with Crippen LogP contribution in [0.5, 0.6) is 0 Å². The largest absolute Gasteiger partial charge is 0.469 e. The zero-order chi connectivity index (χ0) is 27.5. The fourth-order valence-electron chi connectivity index (χ4n) is 4.38. The molecule has 0 unspecified atom stereocenters. The van der Waals surface area contributed by atoms with Gasteiger partial charge in [0.25, 0.3) is 0 Å². The average Bonchev–Trinajstić information content (AvgIpc) is 2.85. The van der Waals surface area contributed by atoms with Gasteiger partial charge in [0.1, 0.15) is 6.10 Å². The van der Waals surface area contributed by atoms with Crippen LogP contribution in [-0.2, 0) is 23.4 Å². The lowest BCUT2D eigenvalue weighted by Gasteiger charge is -2.18. The summed E-state index contributed by atoms with van der Waals surface area (Å²) in [7, 11) is -4.63. The highest BCUT2D eigenvalue weighted by Gasteiger charge is 2.21. The van der Waals surface area contributed by atoms with E-state index in [-0.39, 0.29) is 19.2 Å². The van der Waals surface area contributed by atoms with E-state index in [4.69, 9.17) is 19.3 Å². The molecule has 0 saturated carbocycles. The summed E-state index contributed by atoms with van der Waals surface area (Å²) in [4.78, 5) is 30.1. The summed E-state index contributed by atoms with van der Waals surface area (Å²) in [5, 5.41) is 0. The lowest BCUT2D eigenvalue weighted by atomic mass is 10.0. The van der Waals surface area contributed by atoms with E-state index >= 15 is 0 Å². The summed E-state index contributed by atoms with van der Waals surface area (Å²) in [6.45, 7) is 4.70. The van der Waals surface area contributed by atoms with Crippen LogP contribution < -0.4 is 0 Å². The van der Waals surface area contributed by atoms with Crippen molar-refractivity contribution in [1.82, 2.24) is 0 Å². The predicted molar refractivity (Wildman–Crippen MR) is 152 cm³/mol. The first-order valence-corrected chi connectivity index (χ1v) is 16.9. The van der Waals surface area contributed by atoms with Crippen LogP contribution in [-0.4, -0.2) is 41.7 Å². The van der Waals surface area contributed by atoms with Gasteiger partial charge in [-0.2, -0.15) is 0 Å². The monoisotopic (exact) mass is 550 g/mol. The van der Waals surface area contributed by atoms with Crippen LogP contribution in [0.25, 0.3) is 0 Å². The maximum Gasteiger partial charge on any atom is 0.469 e. The highest BCUT2D eigenvalue weighted by atomic mass is 31.2. The SMILES string of the molecule is CCCCCCCCCCCCCCCCOC[C@H](COP(=O)(O)O)OC(=O)CCCCCCCCC. The van der Waals surface area contributed by atoms with Crippen molar-refractivity contribution in [2.45, 2.75) is 161 Å². The van der Waals surface area contributed by atoms with E-state index in [0.717, 1.165) is 32.1 Å². The van der Waals surface area contributed by atoms with E-state index < -0.39 is 13.9 Å². The Bertz CT molecular complexity index is 538. The van der Waals surface area contributed by atoms with Crippen LogP contribution in [0.4, 0.5) is 0 Å². The van der Waals surface area contributed by atoms with Gasteiger partial charge in [-0.05, 0) is 12.8 Å². The lowest BCUT2D eigenvalue weighted by Crippen LogP contribution is -2.28. The Morgan fingerprint density at radius 3 is 1.46 bits per heavy atom. The molecule has 0 aromatic rings. The van der Waals surface area contributed by atoms with E-state index in [1.165, 1.54) is 103 Å². The molecule has 0 bridgehead atoms. The van der Waals surface area contributed by atoms with E-state index in [0.29, 0.717) is 13.0 Å². The Hall–Kier alpha value is -0.460. The first kappa shape index (κ1) is 36.5. The van der Waals surface area contributed by atoms with Gasteiger partial charge in [-0.25, -0.2) is 4.57 Å². The Balaban J connectivity index is 3.81. The number of carbonyl (C=O) groups excluding carboxylic acids is 1. The maximum absolute atomic E-state index is 12.2. The molecule has 37 heavy (non-hydrogen) atoms. The van der Waals surface area contributed by atoms with Crippen molar-refractivity contribution in [3.8, 4) is 0 Å². The molecule has 0 aromatic heterocycles. The lowest BCUT2D eigenvalue weighted by molar-refractivity contribution is -0.154. The van der Waals surface area contributed by atoms with Crippen LogP contribution in [0.1, 0.15) is 155 Å². The van der Waals surface area contributed by atoms with Gasteiger partial charge in [0.05, 0.1) is 13.2 Å². The van der Waals surface area contributed by atoms with Gasteiger partial charge < -0.3 is 19.3 Å². The standard InChI is InChI=1S/C29H59O7P/c1-3-5-7-9-11-12-13-14-15-16-17-19-21-23-25-34-26-28(27-35-37(31,32)33)36-29(30)24-22-20-18-10-8-6-4-2/h28H,3-27H2,1-2H3,(H2,31,32,33)/t28-/m1/s1. The number of ether oxygens (including phenoxy) is 2. The van der Waals surface area contributed by atoms with E-state index in [2.05, 4.69) is 18.4 Å². The molecule has 222 valence electrons. The number of rotatable bonds is 29. The van der Waals surface area contributed by atoms with Gasteiger partial charge in [0, 0.05) is 13.0 Å². The summed E-state index contributed by atoms with van der Waals surface area (Å²) in [5.41, 5.74) is 0. The van der Waals surface area contributed by atoms with Gasteiger partial charge in [-0.15, -0.1) is 0 Å². The molecule has 0 amide bonds. The van der Waals surface area contributed by atoms with Crippen molar-refractivity contribution in [3.05, 3.63) is 0 Å². The molecule has 0 heterocycles. The second-order valence-corrected chi connectivity index (χ2v) is 11.7. The van der Waals surface area contributed by atoms with Gasteiger partial charge in [0.15, 0.2) is 0 Å². The molecule has 0 radical (unpaired) electrons. The zero-order valence-electron chi connectivity index (χ0n) is 24.1. The van der Waals surface area contributed by atoms with Crippen LogP contribution in [0.3, 0.4) is 0 Å². The molecule has 7 nitrogen and oxygen atoms in total. The zero-order valence-corrected chi connectivity index (χ0v) is 25.0. The normalized spacial score (nSPS) is 12.6. The topological polar surface area (TPSA) is 102 Å². The third-order valence-corrected chi connectivity index (χ3v) is 7.14. The average molecular weight is 551 g/mol. The molecule has 0 spiro atoms. The summed E-state index contributed by atoms with van der Waals surface area (Å²) in [6, 6.07) is 0. The minimum absolute atomic E-state index is 0.0845. The molecular formula is C29H59O7P. The molecule has 0 rings (SSSR count). The molecule has 0 fully saturated rings. The summed E-state index contributed by atoms with van der Waals surface area (Å²) >= 11 is 0. The second-order valence-electron chi connectivity index (χ2n) is 10.4. The predicted octanol–water partition coefficient (Wildman–Crippen LogP) is 8.65. The number of hydrogen-bond donors (Lipinski definition) is 2. The number of phosphoric acid groups is 1. The quantitative estimate of drug-likeness (QED) is 0.0546. The molecule has 0 saturated heterocycles. The molecule has 1 atom stereocenters. The molecule has 8 heteroatoms. The molecule has 0 aromatic carbocycles. The smallest absolute Gasteiger partial charge is 0.457 e. The Labute approximate surface area is 228 Å². The van der Waals surface area contributed by atoms with E-state index in [9.17, 15) is 9.36 Å². The minimum atomic E-state index is -4.63. The minimum Gasteiger partial charge on any atom is -0.457 e. The molecule has 0 aliphatic carbocycles. The number of unbranched alkanes of at least 4 members (excludes halogenated alkanes) is 19. The molecule has 0 aliphatic heterocycles. The summed E-state index contributed by atoms with van der Waals surface area (Å²) in [6.07, 6.45) is 25.3. The van der Waals surface area contributed by atoms with Gasteiger partial charge >= 0.3 is 13.8 Å². The fourth-order valence-corrected chi connectivity index (χ4v) is 4.74. The van der Waals surface area contributed by atoms with Crippen LogP contribution >= 0.6 is 7.82 Å². The summed E-state index contributed by atoms with van der Waals surface area (Å²) in [5.74, 6) is -0.368. The van der Waals surface area contributed by atoms with Crippen molar-refractivity contribution in [2.24, 2.45) is 0 Å². The Morgan fingerprint density at radius 2 is 1.03 bits per heavy atom. The third kappa shape index (κ3) is 29.9. The number of esters is 1. The van der Waals surface area contributed by atoms with Crippen molar-refractivity contribution in [1.29, 1.82) is 0 Å².